The van der Waals surface area contributed by atoms with Crippen LogP contribution in [-0.4, -0.2) is 52.9 Å². The number of amides is 1. The van der Waals surface area contributed by atoms with E-state index in [1.54, 1.807) is 0 Å². The second-order valence-electron chi connectivity index (χ2n) is 9.56. The zero-order valence-electron chi connectivity index (χ0n) is 23.1. The highest BCUT2D eigenvalue weighted by atomic mass is 19.4. The van der Waals surface area contributed by atoms with E-state index in [4.69, 9.17) is 9.85 Å². The van der Waals surface area contributed by atoms with E-state index in [-0.39, 0.29) is 40.2 Å². The summed E-state index contributed by atoms with van der Waals surface area (Å²) >= 11 is 0. The lowest BCUT2D eigenvalue weighted by atomic mass is 9.71. The topological polar surface area (TPSA) is 137 Å². The second kappa shape index (κ2) is 8.56. The second-order valence-corrected chi connectivity index (χ2v) is 9.56. The zero-order valence-corrected chi connectivity index (χ0v) is 20.1. The lowest BCUT2D eigenvalue weighted by Crippen LogP contribution is -2.38. The van der Waals surface area contributed by atoms with E-state index in [9.17, 15) is 31.1 Å². The Kier molecular flexibility index (Phi) is 4.81. The third-order valence-electron chi connectivity index (χ3n) is 7.05. The standard InChI is InChI=1S/C24H19F6N9O/c1-39-20-16(37-38-39)15(32-13(33-20)8-9-22(26,27)24(28,29)30)19-34-17(31)14-18(35-19)36-21(40)23(14,10-2-3-10)11-4-6-12(25)7-5-11/h4-7,10H,2-3,8-9H2,1H3,(H3,31,34,35,36,40)/i1D3. The number of carbonyl (C=O) groups is 1. The smallest absolute Gasteiger partial charge is 0.383 e. The Morgan fingerprint density at radius 2 is 1.85 bits per heavy atom. The van der Waals surface area contributed by atoms with Gasteiger partial charge < -0.3 is 11.1 Å². The van der Waals surface area contributed by atoms with Crippen LogP contribution in [0.1, 0.15) is 40.3 Å². The molecule has 1 aliphatic heterocycles. The van der Waals surface area contributed by atoms with Crippen LogP contribution in [0.15, 0.2) is 24.3 Å². The highest BCUT2D eigenvalue weighted by Gasteiger charge is 2.59. The third kappa shape index (κ3) is 3.83. The van der Waals surface area contributed by atoms with Crippen LogP contribution in [0.3, 0.4) is 0 Å². The van der Waals surface area contributed by atoms with E-state index >= 15 is 0 Å². The summed E-state index contributed by atoms with van der Waals surface area (Å²) in [4.78, 5) is 30.1. The lowest BCUT2D eigenvalue weighted by Gasteiger charge is -2.28. The van der Waals surface area contributed by atoms with Crippen molar-refractivity contribution in [3.05, 3.63) is 47.0 Å². The maximum atomic E-state index is 13.7. The molecule has 1 fully saturated rings. The summed E-state index contributed by atoms with van der Waals surface area (Å²) in [6.07, 6.45) is -7.28. The predicted molar refractivity (Wildman–Crippen MR) is 127 cm³/mol. The number of anilines is 2. The van der Waals surface area contributed by atoms with E-state index in [1.165, 1.54) is 24.3 Å². The van der Waals surface area contributed by atoms with Crippen molar-refractivity contribution in [1.29, 1.82) is 0 Å². The predicted octanol–water partition coefficient (Wildman–Crippen LogP) is 3.72. The number of nitrogens with one attached hydrogen (secondary N) is 1. The Balaban J connectivity index is 1.51. The monoisotopic (exact) mass is 566 g/mol. The lowest BCUT2D eigenvalue weighted by molar-refractivity contribution is -0.284. The fourth-order valence-electron chi connectivity index (χ4n) is 5.05. The van der Waals surface area contributed by atoms with Crippen LogP contribution < -0.4 is 11.1 Å². The molecule has 0 radical (unpaired) electrons. The minimum atomic E-state index is -5.84. The van der Waals surface area contributed by atoms with E-state index in [2.05, 4.69) is 35.6 Å². The van der Waals surface area contributed by atoms with Crippen molar-refractivity contribution >= 4 is 28.7 Å². The minimum absolute atomic E-state index is 0.0381. The van der Waals surface area contributed by atoms with Crippen molar-refractivity contribution in [2.45, 2.75) is 43.2 Å². The first-order valence-electron chi connectivity index (χ1n) is 13.4. The van der Waals surface area contributed by atoms with Gasteiger partial charge in [0, 0.05) is 23.9 Å². The van der Waals surface area contributed by atoms with E-state index in [0.29, 0.717) is 23.1 Å². The molecule has 16 heteroatoms. The number of hydrogen-bond acceptors (Lipinski definition) is 8. The summed E-state index contributed by atoms with van der Waals surface area (Å²) in [6.45, 7) is -2.96. The Labute approximate surface area is 225 Å². The number of carbonyl (C=O) groups excluding carboxylic acids is 1. The molecule has 10 nitrogen and oxygen atoms in total. The molecular weight excluding hydrogens is 544 g/mol. The molecule has 3 N–H and O–H groups in total. The number of aryl methyl sites for hydroxylation is 2. The minimum Gasteiger partial charge on any atom is -0.383 e. The molecule has 1 saturated carbocycles. The van der Waals surface area contributed by atoms with Crippen LogP contribution in [0.4, 0.5) is 38.0 Å². The summed E-state index contributed by atoms with van der Waals surface area (Å²) in [5, 5.41) is 9.97. The van der Waals surface area contributed by atoms with Crippen LogP contribution in [0.25, 0.3) is 22.7 Å². The zero-order chi connectivity index (χ0) is 31.1. The van der Waals surface area contributed by atoms with Crippen molar-refractivity contribution in [2.24, 2.45) is 12.9 Å². The van der Waals surface area contributed by atoms with Crippen LogP contribution in [0.2, 0.25) is 0 Å². The van der Waals surface area contributed by atoms with Crippen LogP contribution in [0.5, 0.6) is 0 Å². The molecule has 4 aromatic rings. The maximum absolute atomic E-state index is 13.7. The first kappa shape index (κ1) is 22.4. The van der Waals surface area contributed by atoms with Gasteiger partial charge in [-0.2, -0.15) is 22.0 Å². The Hall–Kier alpha value is -4.37. The molecule has 0 saturated heterocycles. The number of fused-ring (bicyclic) bond motifs is 2. The number of nitrogen functional groups attached to an aromatic ring is 1. The SMILES string of the molecule is [2H]C([2H])([2H])n1nnc2c(-c3nc(N)c4c(n3)NC(=O)C4(c3ccc(F)cc3)C3CC3)nc(CCC(F)(F)C(F)(F)F)nc21. The van der Waals surface area contributed by atoms with Crippen molar-refractivity contribution in [2.75, 3.05) is 11.1 Å². The first-order chi connectivity index (χ1) is 20.0. The van der Waals surface area contributed by atoms with Gasteiger partial charge in [-0.1, -0.05) is 17.3 Å². The summed E-state index contributed by atoms with van der Waals surface area (Å²) in [6, 6.07) is 5.32. The van der Waals surface area contributed by atoms with Gasteiger partial charge in [0.15, 0.2) is 17.0 Å². The first-order valence-corrected chi connectivity index (χ1v) is 11.9. The number of alkyl halides is 5. The highest BCUT2D eigenvalue weighted by molar-refractivity contribution is 6.10. The van der Waals surface area contributed by atoms with Crippen LogP contribution in [-0.2, 0) is 23.6 Å². The highest BCUT2D eigenvalue weighted by Crippen LogP contribution is 2.57. The molecule has 4 heterocycles. The molecule has 6 rings (SSSR count). The van der Waals surface area contributed by atoms with Gasteiger partial charge in [0.25, 0.3) is 0 Å². The summed E-state index contributed by atoms with van der Waals surface area (Å²) in [5.74, 6) is -7.48. The van der Waals surface area contributed by atoms with E-state index in [0.717, 1.165) is 0 Å². The number of nitrogens with two attached hydrogens (primary N) is 1. The van der Waals surface area contributed by atoms with Gasteiger partial charge in [-0.05, 0) is 36.5 Å². The number of benzene rings is 1. The summed E-state index contributed by atoms with van der Waals surface area (Å²) in [5.41, 5.74) is 4.55. The number of aromatic nitrogens is 7. The van der Waals surface area contributed by atoms with Gasteiger partial charge >= 0.3 is 12.1 Å². The molecule has 1 atom stereocenters. The van der Waals surface area contributed by atoms with Crippen LogP contribution >= 0.6 is 0 Å². The summed E-state index contributed by atoms with van der Waals surface area (Å²) < 4.78 is 103. The van der Waals surface area contributed by atoms with Gasteiger partial charge in [0.2, 0.25) is 5.91 Å². The van der Waals surface area contributed by atoms with Gasteiger partial charge in [-0.25, -0.2) is 29.0 Å². The Bertz CT molecular complexity index is 1770. The van der Waals surface area contributed by atoms with Gasteiger partial charge in [-0.15, -0.1) is 5.10 Å². The van der Waals surface area contributed by atoms with Crippen molar-refractivity contribution in [3.8, 4) is 11.5 Å². The largest absolute Gasteiger partial charge is 0.453 e. The third-order valence-corrected chi connectivity index (χ3v) is 7.05. The number of rotatable bonds is 6. The molecule has 1 unspecified atom stereocenters. The molecule has 1 amide bonds. The van der Waals surface area contributed by atoms with E-state index < -0.39 is 60.5 Å². The molecule has 40 heavy (non-hydrogen) atoms. The molecule has 1 aliphatic carbocycles. The molecular formula is C24H19F6N9O. The molecule has 208 valence electrons. The molecule has 3 aromatic heterocycles. The number of halogens is 6. The molecule has 1 aromatic carbocycles. The Morgan fingerprint density at radius 1 is 1.12 bits per heavy atom. The quantitative estimate of drug-likeness (QED) is 0.337. The van der Waals surface area contributed by atoms with Crippen LogP contribution in [0, 0.1) is 11.7 Å². The average Bonchev–Trinajstić information content (AvgIpc) is 3.58. The number of nitrogens with zero attached hydrogens (tertiary/aromatic N) is 7. The normalized spacial score (nSPS) is 20.6. The molecule has 2 aliphatic rings. The van der Waals surface area contributed by atoms with Crippen molar-refractivity contribution in [1.82, 2.24) is 34.9 Å². The van der Waals surface area contributed by atoms with Crippen molar-refractivity contribution in [3.63, 3.8) is 0 Å². The molecule has 0 bridgehead atoms. The van der Waals surface area contributed by atoms with Gasteiger partial charge in [0.1, 0.15) is 34.4 Å². The maximum Gasteiger partial charge on any atom is 0.453 e. The molecule has 0 spiro atoms. The van der Waals surface area contributed by atoms with E-state index in [1.807, 2.05) is 0 Å². The van der Waals surface area contributed by atoms with Gasteiger partial charge in [0.05, 0.1) is 5.56 Å². The Morgan fingerprint density at radius 3 is 2.50 bits per heavy atom. The fraction of sp³-hybridized carbons (Fsp3) is 0.375. The van der Waals surface area contributed by atoms with Gasteiger partial charge in [-0.3, -0.25) is 4.79 Å². The average molecular weight is 566 g/mol. The number of hydrogen-bond donors (Lipinski definition) is 2. The summed E-state index contributed by atoms with van der Waals surface area (Å²) in [7, 11) is 0. The fourth-order valence-corrected chi connectivity index (χ4v) is 5.05. The van der Waals surface area contributed by atoms with Crippen molar-refractivity contribution < 1.29 is 35.2 Å².